The van der Waals surface area contributed by atoms with E-state index in [0.717, 1.165) is 43.2 Å². The molecule has 178 valence electrons. The van der Waals surface area contributed by atoms with Gasteiger partial charge < -0.3 is 10.0 Å². The molecule has 5 heteroatoms. The van der Waals surface area contributed by atoms with Crippen molar-refractivity contribution in [1.29, 1.82) is 0 Å². The number of nitrogens with zero attached hydrogens (tertiary/aromatic N) is 2. The maximum Gasteiger partial charge on any atom is 0.253 e. The van der Waals surface area contributed by atoms with Crippen molar-refractivity contribution in [2.24, 2.45) is 17.3 Å². The number of pyridine rings is 1. The standard InChI is InChI=1S/C29H33FN2O2/c1-29-11-8-24-23-4-3-19(28(34)32-12-9-22(33)10-13-32)14-18(23)2-5-25(24)27(29)7-6-26(29)20-15-21(30)17-31-16-20/h3-4,6,14-17,22,24-25,27,33H,2,5,7-13H2,1H3/t24-,25-,27+,29-/m1/s1. The van der Waals surface area contributed by atoms with Crippen molar-refractivity contribution in [3.8, 4) is 0 Å². The van der Waals surface area contributed by atoms with Crippen molar-refractivity contribution in [2.45, 2.75) is 63.9 Å². The predicted octanol–water partition coefficient (Wildman–Crippen LogP) is 5.37. The molecule has 1 saturated heterocycles. The topological polar surface area (TPSA) is 53.4 Å². The minimum absolute atomic E-state index is 0.0723. The highest BCUT2D eigenvalue weighted by atomic mass is 19.1. The summed E-state index contributed by atoms with van der Waals surface area (Å²) in [5, 5.41) is 9.76. The molecule has 1 aromatic carbocycles. The van der Waals surface area contributed by atoms with Gasteiger partial charge in [-0.05, 0) is 109 Å². The smallest absolute Gasteiger partial charge is 0.253 e. The van der Waals surface area contributed by atoms with E-state index in [1.165, 1.54) is 22.9 Å². The van der Waals surface area contributed by atoms with E-state index < -0.39 is 0 Å². The molecule has 3 aliphatic carbocycles. The van der Waals surface area contributed by atoms with Gasteiger partial charge in [-0.25, -0.2) is 4.39 Å². The monoisotopic (exact) mass is 460 g/mol. The summed E-state index contributed by atoms with van der Waals surface area (Å²) >= 11 is 0. The molecule has 2 fully saturated rings. The molecule has 1 amide bonds. The van der Waals surface area contributed by atoms with Crippen LogP contribution in [-0.4, -0.2) is 40.1 Å². The molecule has 34 heavy (non-hydrogen) atoms. The van der Waals surface area contributed by atoms with Crippen molar-refractivity contribution in [2.75, 3.05) is 13.1 Å². The second kappa shape index (κ2) is 8.30. The molecule has 4 atom stereocenters. The molecular weight excluding hydrogens is 427 g/mol. The van der Waals surface area contributed by atoms with E-state index in [0.29, 0.717) is 43.7 Å². The molecule has 0 radical (unpaired) electrons. The highest BCUT2D eigenvalue weighted by molar-refractivity contribution is 5.94. The Morgan fingerprint density at radius 3 is 2.76 bits per heavy atom. The third kappa shape index (κ3) is 3.51. The first-order chi connectivity index (χ1) is 16.4. The molecule has 0 spiro atoms. The van der Waals surface area contributed by atoms with E-state index in [-0.39, 0.29) is 23.2 Å². The lowest BCUT2D eigenvalue weighted by atomic mass is 9.54. The fraction of sp³-hybridized carbons (Fsp3) is 0.517. The number of rotatable bonds is 2. The molecule has 4 aliphatic rings. The van der Waals surface area contributed by atoms with E-state index in [4.69, 9.17) is 0 Å². The lowest BCUT2D eigenvalue weighted by Crippen LogP contribution is -2.41. The van der Waals surface area contributed by atoms with Gasteiger partial charge in [-0.3, -0.25) is 9.78 Å². The number of aromatic nitrogens is 1. The average molecular weight is 461 g/mol. The highest BCUT2D eigenvalue weighted by Crippen LogP contribution is 2.63. The SMILES string of the molecule is C[C@]12CC[C@@H]3c4ccc(C(=O)N5CCC(O)CC5)cc4CC[C@H]3[C@@H]1CC=C2c1cncc(F)c1. The minimum Gasteiger partial charge on any atom is -0.393 e. The molecule has 4 nitrogen and oxygen atoms in total. The molecule has 0 bridgehead atoms. The first-order valence-electron chi connectivity index (χ1n) is 12.9. The molecule has 2 aromatic rings. The fourth-order valence-corrected chi connectivity index (χ4v) is 7.54. The number of aliphatic hydroxyl groups excluding tert-OH is 1. The Bertz CT molecular complexity index is 1150. The minimum atomic E-state index is -0.274. The van der Waals surface area contributed by atoms with Crippen LogP contribution < -0.4 is 0 Å². The Kier molecular flexibility index (Phi) is 5.36. The zero-order valence-electron chi connectivity index (χ0n) is 19.8. The van der Waals surface area contributed by atoms with Gasteiger partial charge in [0.1, 0.15) is 5.82 Å². The molecule has 1 aromatic heterocycles. The van der Waals surface area contributed by atoms with Gasteiger partial charge in [0.15, 0.2) is 0 Å². The van der Waals surface area contributed by atoms with Crippen LogP contribution in [0.25, 0.3) is 5.57 Å². The number of benzene rings is 1. The number of halogens is 1. The molecule has 2 heterocycles. The molecule has 1 N–H and O–H groups in total. The van der Waals surface area contributed by atoms with Crippen LogP contribution in [0.1, 0.15) is 78.4 Å². The van der Waals surface area contributed by atoms with Crippen molar-refractivity contribution in [1.82, 2.24) is 9.88 Å². The normalized spacial score (nSPS) is 30.9. The summed E-state index contributed by atoms with van der Waals surface area (Å²) in [5.41, 5.74) is 5.85. The second-order valence-corrected chi connectivity index (χ2v) is 11.1. The van der Waals surface area contributed by atoms with Crippen LogP contribution in [0.15, 0.2) is 42.7 Å². The first kappa shape index (κ1) is 22.0. The summed E-state index contributed by atoms with van der Waals surface area (Å²) in [5.74, 6) is 1.55. The number of fused-ring (bicyclic) bond motifs is 5. The van der Waals surface area contributed by atoms with Gasteiger partial charge in [0, 0.05) is 24.8 Å². The number of aryl methyl sites for hydroxylation is 1. The Labute approximate surface area is 200 Å². The van der Waals surface area contributed by atoms with E-state index >= 15 is 0 Å². The lowest BCUT2D eigenvalue weighted by molar-refractivity contribution is 0.0546. The van der Waals surface area contributed by atoms with Crippen molar-refractivity contribution < 1.29 is 14.3 Å². The van der Waals surface area contributed by atoms with Crippen molar-refractivity contribution >= 4 is 11.5 Å². The molecule has 1 saturated carbocycles. The zero-order chi connectivity index (χ0) is 23.4. The van der Waals surface area contributed by atoms with Gasteiger partial charge in [-0.15, -0.1) is 0 Å². The van der Waals surface area contributed by atoms with E-state index in [2.05, 4.69) is 30.1 Å². The average Bonchev–Trinajstić information content (AvgIpc) is 3.21. The number of likely N-dealkylation sites (tertiary alicyclic amines) is 1. The Balaban J connectivity index is 1.23. The number of carbonyl (C=O) groups excluding carboxylic acids is 1. The maximum absolute atomic E-state index is 13.9. The number of hydrogen-bond acceptors (Lipinski definition) is 3. The number of hydrogen-bond donors (Lipinski definition) is 1. The summed E-state index contributed by atoms with van der Waals surface area (Å²) in [6, 6.07) is 8.03. The summed E-state index contributed by atoms with van der Waals surface area (Å²) in [6.07, 6.45) is 11.9. The van der Waals surface area contributed by atoms with E-state index in [1.54, 1.807) is 6.07 Å². The number of aliphatic hydroxyl groups is 1. The zero-order valence-corrected chi connectivity index (χ0v) is 19.8. The fourth-order valence-electron chi connectivity index (χ4n) is 7.54. The van der Waals surface area contributed by atoms with Crippen LogP contribution >= 0.6 is 0 Å². The van der Waals surface area contributed by atoms with E-state index in [9.17, 15) is 14.3 Å². The first-order valence-corrected chi connectivity index (χ1v) is 12.9. The van der Waals surface area contributed by atoms with Gasteiger partial charge in [0.2, 0.25) is 0 Å². The Morgan fingerprint density at radius 2 is 1.97 bits per heavy atom. The number of amides is 1. The number of allylic oxidation sites excluding steroid dienone is 2. The van der Waals surface area contributed by atoms with Gasteiger partial charge in [0.25, 0.3) is 5.91 Å². The van der Waals surface area contributed by atoms with Gasteiger partial charge >= 0.3 is 0 Å². The quantitative estimate of drug-likeness (QED) is 0.656. The summed E-state index contributed by atoms with van der Waals surface area (Å²) in [7, 11) is 0. The third-order valence-electron chi connectivity index (χ3n) is 9.32. The van der Waals surface area contributed by atoms with Crippen LogP contribution in [0, 0.1) is 23.1 Å². The molecular formula is C29H33FN2O2. The summed E-state index contributed by atoms with van der Waals surface area (Å²) in [4.78, 5) is 19.1. The van der Waals surface area contributed by atoms with Crippen LogP contribution in [0.2, 0.25) is 0 Å². The number of carbonyl (C=O) groups is 1. The van der Waals surface area contributed by atoms with Gasteiger partial charge in [0.05, 0.1) is 12.3 Å². The second-order valence-electron chi connectivity index (χ2n) is 11.1. The molecule has 1 aliphatic heterocycles. The lowest BCUT2D eigenvalue weighted by Gasteiger charge is -2.50. The summed E-state index contributed by atoms with van der Waals surface area (Å²) in [6.45, 7) is 3.65. The van der Waals surface area contributed by atoms with Crippen LogP contribution in [-0.2, 0) is 6.42 Å². The third-order valence-corrected chi connectivity index (χ3v) is 9.32. The Morgan fingerprint density at radius 1 is 1.15 bits per heavy atom. The molecule has 0 unspecified atom stereocenters. The highest BCUT2D eigenvalue weighted by Gasteiger charge is 2.52. The predicted molar refractivity (Wildman–Crippen MR) is 130 cm³/mol. The number of piperidine rings is 1. The van der Waals surface area contributed by atoms with Crippen molar-refractivity contribution in [3.05, 3.63) is 70.8 Å². The van der Waals surface area contributed by atoms with Crippen molar-refractivity contribution in [3.63, 3.8) is 0 Å². The van der Waals surface area contributed by atoms with Gasteiger partial charge in [-0.1, -0.05) is 19.1 Å². The van der Waals surface area contributed by atoms with Crippen LogP contribution in [0.5, 0.6) is 0 Å². The van der Waals surface area contributed by atoms with Crippen LogP contribution in [0.3, 0.4) is 0 Å². The largest absolute Gasteiger partial charge is 0.393 e. The van der Waals surface area contributed by atoms with Gasteiger partial charge in [-0.2, -0.15) is 0 Å². The van der Waals surface area contributed by atoms with Crippen LogP contribution in [0.4, 0.5) is 4.39 Å². The molecule has 6 rings (SSSR count). The maximum atomic E-state index is 13.9. The summed E-state index contributed by atoms with van der Waals surface area (Å²) < 4.78 is 13.9. The van der Waals surface area contributed by atoms with E-state index in [1.807, 2.05) is 17.2 Å². The Hall–Kier alpha value is -2.53.